The number of nitrogens with one attached hydrogen (secondary N) is 2. The van der Waals surface area contributed by atoms with E-state index in [0.29, 0.717) is 13.1 Å². The summed E-state index contributed by atoms with van der Waals surface area (Å²) in [4.78, 5) is 25.6. The lowest BCUT2D eigenvalue weighted by Crippen LogP contribution is -2.48. The maximum Gasteiger partial charge on any atom is 0.311 e. The fourth-order valence-electron chi connectivity index (χ4n) is 2.29. The third-order valence-electron chi connectivity index (χ3n) is 3.32. The zero-order chi connectivity index (χ0) is 12.8. The van der Waals surface area contributed by atoms with Crippen LogP contribution in [0.2, 0.25) is 0 Å². The van der Waals surface area contributed by atoms with Crippen molar-refractivity contribution in [1.29, 1.82) is 0 Å². The minimum atomic E-state index is -0.426. The number of thioether (sulfide) groups is 1. The second-order valence-corrected chi connectivity index (χ2v) is 5.93. The van der Waals surface area contributed by atoms with E-state index in [4.69, 9.17) is 0 Å². The van der Waals surface area contributed by atoms with E-state index < -0.39 is 5.91 Å². The summed E-state index contributed by atoms with van der Waals surface area (Å²) in [5.41, 5.74) is 0. The molecule has 0 radical (unpaired) electrons. The maximum absolute atomic E-state index is 12.0. The van der Waals surface area contributed by atoms with Crippen molar-refractivity contribution < 1.29 is 9.59 Å². The van der Waals surface area contributed by atoms with Crippen molar-refractivity contribution in [3.05, 3.63) is 0 Å². The van der Waals surface area contributed by atoms with Crippen LogP contribution in [0.5, 0.6) is 0 Å². The van der Waals surface area contributed by atoms with E-state index in [0.717, 1.165) is 43.9 Å². The Morgan fingerprint density at radius 1 is 1.22 bits per heavy atom. The molecule has 0 bridgehead atoms. The van der Waals surface area contributed by atoms with Crippen LogP contribution in [-0.4, -0.2) is 60.4 Å². The molecule has 6 heteroatoms. The van der Waals surface area contributed by atoms with Crippen molar-refractivity contribution in [2.45, 2.75) is 25.3 Å². The molecule has 0 aromatic carbocycles. The SMILES string of the molecule is O=C(NC1CCCSC1)C(=O)N1CCCNCC1. The van der Waals surface area contributed by atoms with Crippen LogP contribution in [0, 0.1) is 0 Å². The molecular weight excluding hydrogens is 250 g/mol. The third-order valence-corrected chi connectivity index (χ3v) is 4.53. The lowest BCUT2D eigenvalue weighted by atomic mass is 10.2. The minimum Gasteiger partial charge on any atom is -0.344 e. The molecule has 2 rings (SSSR count). The van der Waals surface area contributed by atoms with Crippen LogP contribution < -0.4 is 10.6 Å². The van der Waals surface area contributed by atoms with E-state index in [-0.39, 0.29) is 11.9 Å². The van der Waals surface area contributed by atoms with Gasteiger partial charge in [0.2, 0.25) is 0 Å². The lowest BCUT2D eigenvalue weighted by Gasteiger charge is -2.24. The first-order chi connectivity index (χ1) is 8.77. The second-order valence-electron chi connectivity index (χ2n) is 4.78. The molecule has 2 fully saturated rings. The fourth-order valence-corrected chi connectivity index (χ4v) is 3.37. The van der Waals surface area contributed by atoms with E-state index in [9.17, 15) is 9.59 Å². The number of carbonyl (C=O) groups is 2. The number of hydrogen-bond acceptors (Lipinski definition) is 4. The Morgan fingerprint density at radius 2 is 2.11 bits per heavy atom. The highest BCUT2D eigenvalue weighted by Crippen LogP contribution is 2.16. The zero-order valence-corrected chi connectivity index (χ0v) is 11.4. The molecule has 2 amide bonds. The van der Waals surface area contributed by atoms with Crippen LogP contribution in [0.15, 0.2) is 0 Å². The van der Waals surface area contributed by atoms with Gasteiger partial charge in [-0.25, -0.2) is 0 Å². The van der Waals surface area contributed by atoms with Crippen molar-refractivity contribution in [3.8, 4) is 0 Å². The Kier molecular flexibility index (Phi) is 5.31. The van der Waals surface area contributed by atoms with Gasteiger partial charge in [-0.2, -0.15) is 11.8 Å². The quantitative estimate of drug-likeness (QED) is 0.650. The first-order valence-corrected chi connectivity index (χ1v) is 7.81. The predicted molar refractivity (Wildman–Crippen MR) is 72.6 cm³/mol. The third kappa shape index (κ3) is 3.88. The van der Waals surface area contributed by atoms with Gasteiger partial charge in [0.1, 0.15) is 0 Å². The summed E-state index contributed by atoms with van der Waals surface area (Å²) in [5.74, 6) is 1.30. The van der Waals surface area contributed by atoms with Gasteiger partial charge < -0.3 is 15.5 Å². The van der Waals surface area contributed by atoms with Gasteiger partial charge >= 0.3 is 11.8 Å². The van der Waals surface area contributed by atoms with Crippen LogP contribution >= 0.6 is 11.8 Å². The van der Waals surface area contributed by atoms with Crippen molar-refractivity contribution >= 4 is 23.6 Å². The van der Waals surface area contributed by atoms with Crippen molar-refractivity contribution in [1.82, 2.24) is 15.5 Å². The van der Waals surface area contributed by atoms with E-state index >= 15 is 0 Å². The first kappa shape index (κ1) is 13.7. The predicted octanol–water partition coefficient (Wildman–Crippen LogP) is -0.180. The number of carbonyl (C=O) groups excluding carboxylic acids is 2. The van der Waals surface area contributed by atoms with Crippen LogP contribution in [-0.2, 0) is 9.59 Å². The summed E-state index contributed by atoms with van der Waals surface area (Å²) in [6.45, 7) is 3.01. The Morgan fingerprint density at radius 3 is 2.89 bits per heavy atom. The molecule has 18 heavy (non-hydrogen) atoms. The summed E-state index contributed by atoms with van der Waals surface area (Å²) >= 11 is 1.85. The van der Waals surface area contributed by atoms with Crippen molar-refractivity contribution in [2.75, 3.05) is 37.7 Å². The highest BCUT2D eigenvalue weighted by atomic mass is 32.2. The molecule has 1 atom stereocenters. The average molecular weight is 271 g/mol. The molecule has 5 nitrogen and oxygen atoms in total. The molecular formula is C12H21N3O2S. The summed E-state index contributed by atoms with van der Waals surface area (Å²) < 4.78 is 0. The van der Waals surface area contributed by atoms with Gasteiger partial charge in [0, 0.05) is 31.4 Å². The molecule has 2 heterocycles. The van der Waals surface area contributed by atoms with E-state index in [1.165, 1.54) is 0 Å². The van der Waals surface area contributed by atoms with Crippen LogP contribution in [0.25, 0.3) is 0 Å². The maximum atomic E-state index is 12.0. The molecule has 2 saturated heterocycles. The van der Waals surface area contributed by atoms with Gasteiger partial charge in [-0.1, -0.05) is 0 Å². The molecule has 0 aromatic heterocycles. The van der Waals surface area contributed by atoms with Gasteiger partial charge in [-0.05, 0) is 31.6 Å². The zero-order valence-electron chi connectivity index (χ0n) is 10.6. The smallest absolute Gasteiger partial charge is 0.311 e. The summed E-state index contributed by atoms with van der Waals surface area (Å²) in [6, 6.07) is 0.172. The molecule has 102 valence electrons. The standard InChI is InChI=1S/C12H21N3O2S/c16-11(14-10-3-1-8-18-9-10)12(17)15-6-2-4-13-5-7-15/h10,13H,1-9H2,(H,14,16). The molecule has 0 saturated carbocycles. The number of amides is 2. The Hall–Kier alpha value is -0.750. The normalized spacial score (nSPS) is 25.3. The molecule has 2 N–H and O–H groups in total. The molecule has 2 aliphatic rings. The summed E-state index contributed by atoms with van der Waals surface area (Å²) in [5, 5.41) is 6.09. The van der Waals surface area contributed by atoms with Gasteiger partial charge in [-0.3, -0.25) is 9.59 Å². The number of rotatable bonds is 1. The van der Waals surface area contributed by atoms with Crippen molar-refractivity contribution in [3.63, 3.8) is 0 Å². The average Bonchev–Trinajstić information content (AvgIpc) is 2.68. The summed E-state index contributed by atoms with van der Waals surface area (Å²) in [7, 11) is 0. The second kappa shape index (κ2) is 6.99. The summed E-state index contributed by atoms with van der Waals surface area (Å²) in [6.07, 6.45) is 3.03. The van der Waals surface area contributed by atoms with E-state index in [1.807, 2.05) is 11.8 Å². The molecule has 0 spiro atoms. The van der Waals surface area contributed by atoms with Gasteiger partial charge in [0.25, 0.3) is 0 Å². The number of hydrogen-bond donors (Lipinski definition) is 2. The van der Waals surface area contributed by atoms with Gasteiger partial charge in [0.05, 0.1) is 0 Å². The van der Waals surface area contributed by atoms with Crippen molar-refractivity contribution in [2.24, 2.45) is 0 Å². The molecule has 0 aliphatic carbocycles. The first-order valence-electron chi connectivity index (χ1n) is 6.65. The lowest BCUT2D eigenvalue weighted by molar-refractivity contribution is -0.146. The minimum absolute atomic E-state index is 0.172. The largest absolute Gasteiger partial charge is 0.344 e. The Bertz CT molecular complexity index is 298. The van der Waals surface area contributed by atoms with E-state index in [2.05, 4.69) is 10.6 Å². The highest BCUT2D eigenvalue weighted by Gasteiger charge is 2.25. The van der Waals surface area contributed by atoms with Gasteiger partial charge in [-0.15, -0.1) is 0 Å². The van der Waals surface area contributed by atoms with Crippen LogP contribution in [0.1, 0.15) is 19.3 Å². The van der Waals surface area contributed by atoms with E-state index in [1.54, 1.807) is 4.90 Å². The Balaban J connectivity index is 1.81. The Labute approximate surface area is 112 Å². The van der Waals surface area contributed by atoms with Gasteiger partial charge in [0.15, 0.2) is 0 Å². The molecule has 0 aromatic rings. The number of nitrogens with zero attached hydrogens (tertiary/aromatic N) is 1. The fraction of sp³-hybridized carbons (Fsp3) is 0.833. The molecule has 2 aliphatic heterocycles. The highest BCUT2D eigenvalue weighted by molar-refractivity contribution is 7.99. The topological polar surface area (TPSA) is 61.4 Å². The monoisotopic (exact) mass is 271 g/mol. The molecule has 1 unspecified atom stereocenters. The van der Waals surface area contributed by atoms with Crippen LogP contribution in [0.4, 0.5) is 0 Å². The van der Waals surface area contributed by atoms with Crippen LogP contribution in [0.3, 0.4) is 0 Å².